The number of carbonyl (C=O) groups excluding carboxylic acids is 2. The van der Waals surface area contributed by atoms with Gasteiger partial charge in [-0.15, -0.1) is 0 Å². The predicted molar refractivity (Wildman–Crippen MR) is 96.0 cm³/mol. The monoisotopic (exact) mass is 358 g/mol. The van der Waals surface area contributed by atoms with E-state index in [-0.39, 0.29) is 31.2 Å². The summed E-state index contributed by atoms with van der Waals surface area (Å²) in [5.74, 6) is 0.0113. The number of nitrogens with one attached hydrogen (secondary N) is 1. The lowest BCUT2D eigenvalue weighted by atomic mass is 10.2. The van der Waals surface area contributed by atoms with Crippen LogP contribution in [-0.2, 0) is 16.1 Å². The van der Waals surface area contributed by atoms with Crippen molar-refractivity contribution < 1.29 is 9.59 Å². The molecule has 0 aliphatic carbocycles. The number of hydrogen-bond acceptors (Lipinski definition) is 6. The first-order valence-electron chi connectivity index (χ1n) is 7.77. The van der Waals surface area contributed by atoms with Crippen molar-refractivity contribution in [1.29, 1.82) is 0 Å². The second-order valence-corrected chi connectivity index (χ2v) is 6.25. The molecule has 1 aromatic heterocycles. The van der Waals surface area contributed by atoms with Gasteiger partial charge in [0.25, 0.3) is 0 Å². The van der Waals surface area contributed by atoms with Crippen molar-refractivity contribution >= 4 is 35.9 Å². The summed E-state index contributed by atoms with van der Waals surface area (Å²) < 4.78 is 1.73. The van der Waals surface area contributed by atoms with Gasteiger partial charge in [-0.05, 0) is 29.9 Å². The number of carbonyl (C=O) groups is 2. The first-order valence-corrected chi connectivity index (χ1v) is 8.18. The molecule has 2 aromatic rings. The molecule has 1 aliphatic rings. The summed E-state index contributed by atoms with van der Waals surface area (Å²) in [6, 6.07) is 7.85. The fourth-order valence-electron chi connectivity index (χ4n) is 2.47. The molecule has 1 N–H and O–H groups in total. The fraction of sp³-hybridized carbons (Fsp3) is 0.312. The number of likely N-dealkylation sites (tertiary alicyclic amines) is 1. The number of amides is 2. The van der Waals surface area contributed by atoms with Crippen LogP contribution in [-0.4, -0.2) is 51.9 Å². The third-order valence-corrected chi connectivity index (χ3v) is 4.17. The molecule has 0 spiro atoms. The lowest BCUT2D eigenvalue weighted by Crippen LogP contribution is -2.29. The first kappa shape index (κ1) is 17.0. The van der Waals surface area contributed by atoms with Gasteiger partial charge in [0.15, 0.2) is 5.82 Å². The van der Waals surface area contributed by atoms with E-state index in [1.807, 2.05) is 43.3 Å². The van der Waals surface area contributed by atoms with E-state index in [4.69, 9.17) is 12.2 Å². The molecule has 25 heavy (non-hydrogen) atoms. The third kappa shape index (κ3) is 3.66. The Labute approximate surface area is 149 Å². The Balaban J connectivity index is 1.81. The summed E-state index contributed by atoms with van der Waals surface area (Å²) >= 11 is 5.18. The van der Waals surface area contributed by atoms with Crippen molar-refractivity contribution in [3.63, 3.8) is 0 Å². The molecule has 1 aliphatic heterocycles. The molecule has 0 radical (unpaired) electrons. The molecule has 2 heterocycles. The van der Waals surface area contributed by atoms with E-state index >= 15 is 0 Å². The topological polar surface area (TPSA) is 86.6 Å². The van der Waals surface area contributed by atoms with Gasteiger partial charge in [-0.1, -0.05) is 12.1 Å². The van der Waals surface area contributed by atoms with Gasteiger partial charge in [-0.2, -0.15) is 14.9 Å². The van der Waals surface area contributed by atoms with Gasteiger partial charge in [0.05, 0.1) is 12.8 Å². The Morgan fingerprint density at radius 2 is 1.88 bits per heavy atom. The normalized spacial score (nSPS) is 14.7. The molecule has 8 nitrogen and oxygen atoms in total. The van der Waals surface area contributed by atoms with E-state index in [2.05, 4.69) is 15.3 Å². The summed E-state index contributed by atoms with van der Waals surface area (Å²) in [7, 11) is 3.95. The molecule has 1 aromatic carbocycles. The van der Waals surface area contributed by atoms with E-state index in [9.17, 15) is 9.59 Å². The van der Waals surface area contributed by atoms with Gasteiger partial charge >= 0.3 is 0 Å². The van der Waals surface area contributed by atoms with Crippen LogP contribution in [0.15, 0.2) is 29.4 Å². The number of benzene rings is 1. The maximum Gasteiger partial charge on any atom is 0.230 e. The molecule has 0 bridgehead atoms. The van der Waals surface area contributed by atoms with Crippen molar-refractivity contribution in [2.45, 2.75) is 19.4 Å². The molecule has 130 valence electrons. The molecular weight excluding hydrogens is 340 g/mol. The third-order valence-electron chi connectivity index (χ3n) is 3.90. The maximum absolute atomic E-state index is 11.8. The average Bonchev–Trinajstić information content (AvgIpc) is 3.10. The fourth-order valence-corrected chi connectivity index (χ4v) is 2.67. The average molecular weight is 358 g/mol. The number of rotatable bonds is 5. The Hall–Kier alpha value is -2.81. The van der Waals surface area contributed by atoms with Crippen molar-refractivity contribution in [2.75, 3.05) is 19.0 Å². The number of H-pyrrole nitrogens is 1. The first-order chi connectivity index (χ1) is 12.0. The number of anilines is 1. The molecule has 0 atom stereocenters. The highest BCUT2D eigenvalue weighted by atomic mass is 32.1. The van der Waals surface area contributed by atoms with E-state index in [0.29, 0.717) is 10.6 Å². The Morgan fingerprint density at radius 3 is 2.48 bits per heavy atom. The van der Waals surface area contributed by atoms with Gasteiger partial charge in [-0.3, -0.25) is 19.6 Å². The minimum Gasteiger partial charge on any atom is -0.378 e. The van der Waals surface area contributed by atoms with E-state index in [0.717, 1.165) is 11.3 Å². The van der Waals surface area contributed by atoms with Crippen LogP contribution in [0.25, 0.3) is 0 Å². The smallest absolute Gasteiger partial charge is 0.230 e. The van der Waals surface area contributed by atoms with Crippen LogP contribution in [0, 0.1) is 4.77 Å². The van der Waals surface area contributed by atoms with Crippen LogP contribution >= 0.6 is 12.2 Å². The second kappa shape index (κ2) is 6.98. The molecule has 9 heteroatoms. The number of aromatic amines is 1. The summed E-state index contributed by atoms with van der Waals surface area (Å²) in [5, 5.41) is 11.1. The van der Waals surface area contributed by atoms with Gasteiger partial charge in [0.2, 0.25) is 16.6 Å². The number of imide groups is 1. The summed E-state index contributed by atoms with van der Waals surface area (Å²) in [4.78, 5) is 26.7. The molecule has 0 unspecified atom stereocenters. The minimum absolute atomic E-state index is 0.0573. The van der Waals surface area contributed by atoms with Crippen LogP contribution in [0.5, 0.6) is 0 Å². The van der Waals surface area contributed by atoms with E-state index in [1.54, 1.807) is 6.21 Å². The van der Waals surface area contributed by atoms with Crippen LogP contribution in [0.2, 0.25) is 0 Å². The zero-order valence-corrected chi connectivity index (χ0v) is 14.8. The van der Waals surface area contributed by atoms with Crippen LogP contribution in [0.3, 0.4) is 0 Å². The Bertz CT molecular complexity index is 865. The highest BCUT2D eigenvalue weighted by molar-refractivity contribution is 7.71. The lowest BCUT2D eigenvalue weighted by Gasteiger charge is -2.12. The van der Waals surface area contributed by atoms with Crippen LogP contribution < -0.4 is 4.90 Å². The van der Waals surface area contributed by atoms with E-state index in [1.165, 1.54) is 9.58 Å². The van der Waals surface area contributed by atoms with Gasteiger partial charge in [0.1, 0.15) is 0 Å². The van der Waals surface area contributed by atoms with Crippen molar-refractivity contribution in [3.8, 4) is 0 Å². The number of nitrogens with zero attached hydrogens (tertiary/aromatic N) is 5. The Morgan fingerprint density at radius 1 is 1.24 bits per heavy atom. The lowest BCUT2D eigenvalue weighted by molar-refractivity contribution is -0.139. The van der Waals surface area contributed by atoms with Gasteiger partial charge in [-0.25, -0.2) is 0 Å². The zero-order valence-electron chi connectivity index (χ0n) is 14.0. The molecule has 1 saturated heterocycles. The molecule has 3 rings (SSSR count). The quantitative estimate of drug-likeness (QED) is 0.498. The highest BCUT2D eigenvalue weighted by Crippen LogP contribution is 2.15. The summed E-state index contributed by atoms with van der Waals surface area (Å²) in [5.41, 5.74) is 1.98. The number of hydrogen-bond donors (Lipinski definition) is 1. The van der Waals surface area contributed by atoms with E-state index < -0.39 is 0 Å². The summed E-state index contributed by atoms with van der Waals surface area (Å²) in [6.45, 7) is 0.0573. The standard InChI is InChI=1S/C16H18N6O2S/c1-20(2)12-5-3-11(4-6-12)9-17-22-13(18-19-16(22)25)10-21-14(23)7-8-15(21)24/h3-6,9H,7-8,10H2,1-2H3,(H,19,25)/b17-9+. The highest BCUT2D eigenvalue weighted by Gasteiger charge is 2.30. The SMILES string of the molecule is CN(C)c1ccc(/C=N/n2c(CN3C(=O)CCC3=O)n[nH]c2=S)cc1. The number of aromatic nitrogens is 3. The molecule has 2 amide bonds. The molecule has 1 fully saturated rings. The predicted octanol–water partition coefficient (Wildman–Crippen LogP) is 1.54. The summed E-state index contributed by atoms with van der Waals surface area (Å²) in [6.07, 6.45) is 2.14. The maximum atomic E-state index is 11.8. The second-order valence-electron chi connectivity index (χ2n) is 5.86. The molecule has 0 saturated carbocycles. The van der Waals surface area contributed by atoms with Crippen molar-refractivity contribution in [2.24, 2.45) is 5.10 Å². The van der Waals surface area contributed by atoms with Crippen molar-refractivity contribution in [1.82, 2.24) is 19.8 Å². The van der Waals surface area contributed by atoms with Crippen LogP contribution in [0.4, 0.5) is 5.69 Å². The largest absolute Gasteiger partial charge is 0.378 e. The van der Waals surface area contributed by atoms with Crippen LogP contribution in [0.1, 0.15) is 24.2 Å². The molecular formula is C16H18N6O2S. The zero-order chi connectivity index (χ0) is 18.0. The Kier molecular flexibility index (Phi) is 4.75. The van der Waals surface area contributed by atoms with Gasteiger partial charge < -0.3 is 4.90 Å². The van der Waals surface area contributed by atoms with Crippen molar-refractivity contribution in [3.05, 3.63) is 40.4 Å². The van der Waals surface area contributed by atoms with Gasteiger partial charge in [0, 0.05) is 32.6 Å². The minimum atomic E-state index is -0.200.